The molecule has 1 aliphatic heterocycles. The maximum Gasteiger partial charge on any atom is 0.340 e. The Kier molecular flexibility index (Phi) is 5.40. The van der Waals surface area contributed by atoms with Crippen LogP contribution >= 0.6 is 11.6 Å². The lowest BCUT2D eigenvalue weighted by Gasteiger charge is -2.18. The van der Waals surface area contributed by atoms with Crippen LogP contribution in [0, 0.1) is 0 Å². The van der Waals surface area contributed by atoms with Crippen LogP contribution in [0.1, 0.15) is 5.76 Å². The van der Waals surface area contributed by atoms with Gasteiger partial charge < -0.3 is 14.2 Å². The van der Waals surface area contributed by atoms with Crippen molar-refractivity contribution in [2.75, 3.05) is 40.3 Å². The molecule has 25 heavy (non-hydrogen) atoms. The molecule has 1 aromatic carbocycles. The van der Waals surface area contributed by atoms with Gasteiger partial charge in [-0.05, 0) is 50.5 Å². The second-order valence-electron chi connectivity index (χ2n) is 6.15. The van der Waals surface area contributed by atoms with E-state index in [2.05, 4.69) is 10.0 Å². The van der Waals surface area contributed by atoms with Crippen LogP contribution in [0.25, 0.3) is 11.3 Å². The summed E-state index contributed by atoms with van der Waals surface area (Å²) in [5, 5.41) is 6.42. The van der Waals surface area contributed by atoms with Gasteiger partial charge in [0.25, 0.3) is 0 Å². The third kappa shape index (κ3) is 4.41. The van der Waals surface area contributed by atoms with Crippen LogP contribution in [0.5, 0.6) is 0 Å². The Morgan fingerprint density at radius 3 is 2.68 bits per heavy atom. The summed E-state index contributed by atoms with van der Waals surface area (Å²) < 4.78 is 5.76. The molecule has 1 aliphatic rings. The van der Waals surface area contributed by atoms with E-state index < -0.39 is 0 Å². The monoisotopic (exact) mass is 360 g/mol. The third-order valence-electron chi connectivity index (χ3n) is 3.97. The van der Waals surface area contributed by atoms with Crippen molar-refractivity contribution in [2.24, 2.45) is 5.10 Å². The highest BCUT2D eigenvalue weighted by molar-refractivity contribution is 6.30. The molecule has 2 amide bonds. The summed E-state index contributed by atoms with van der Waals surface area (Å²) in [5.74, 6) is 1.34. The zero-order valence-corrected chi connectivity index (χ0v) is 15.1. The van der Waals surface area contributed by atoms with E-state index in [1.54, 1.807) is 11.1 Å². The van der Waals surface area contributed by atoms with E-state index in [0.717, 1.165) is 17.9 Å². The predicted octanol–water partition coefficient (Wildman–Crippen LogP) is 3.23. The summed E-state index contributed by atoms with van der Waals surface area (Å²) in [7, 11) is 3.98. The third-order valence-corrected chi connectivity index (χ3v) is 4.22. The average molecular weight is 361 g/mol. The van der Waals surface area contributed by atoms with Gasteiger partial charge in [0.2, 0.25) is 0 Å². The molecule has 132 valence electrons. The van der Waals surface area contributed by atoms with Crippen molar-refractivity contribution in [1.82, 2.24) is 14.8 Å². The lowest BCUT2D eigenvalue weighted by Crippen LogP contribution is -2.34. The highest BCUT2D eigenvalue weighted by Crippen LogP contribution is 2.23. The number of carbonyl (C=O) groups is 1. The molecule has 0 bridgehead atoms. The number of hydrogen-bond donors (Lipinski definition) is 0. The Labute approximate surface area is 152 Å². The number of urea groups is 1. The van der Waals surface area contributed by atoms with Crippen molar-refractivity contribution in [3.05, 3.63) is 47.2 Å². The molecule has 1 aromatic heterocycles. The predicted molar refractivity (Wildman–Crippen MR) is 99.0 cm³/mol. The zero-order valence-electron chi connectivity index (χ0n) is 14.4. The van der Waals surface area contributed by atoms with Crippen LogP contribution < -0.4 is 0 Å². The molecule has 0 N–H and O–H groups in total. The Morgan fingerprint density at radius 2 is 1.96 bits per heavy atom. The molecule has 7 heteroatoms. The van der Waals surface area contributed by atoms with Crippen molar-refractivity contribution in [3.63, 3.8) is 0 Å². The van der Waals surface area contributed by atoms with Crippen molar-refractivity contribution in [2.45, 2.75) is 0 Å². The van der Waals surface area contributed by atoms with Crippen molar-refractivity contribution in [1.29, 1.82) is 0 Å². The number of benzene rings is 1. The van der Waals surface area contributed by atoms with Gasteiger partial charge in [0, 0.05) is 30.2 Å². The number of hydrogen-bond acceptors (Lipinski definition) is 4. The minimum Gasteiger partial charge on any atom is -0.455 e. The van der Waals surface area contributed by atoms with Gasteiger partial charge in [0.05, 0.1) is 12.8 Å². The van der Waals surface area contributed by atoms with E-state index in [1.807, 2.05) is 50.5 Å². The van der Waals surface area contributed by atoms with Gasteiger partial charge in [-0.25, -0.2) is 9.80 Å². The number of nitrogens with zero attached hydrogens (tertiary/aromatic N) is 4. The summed E-state index contributed by atoms with van der Waals surface area (Å²) in [5.41, 5.74) is 0.941. The van der Waals surface area contributed by atoms with Crippen LogP contribution in [-0.4, -0.2) is 67.3 Å². The first-order valence-corrected chi connectivity index (χ1v) is 8.51. The van der Waals surface area contributed by atoms with Crippen LogP contribution in [0.4, 0.5) is 4.79 Å². The fourth-order valence-electron chi connectivity index (χ4n) is 2.52. The SMILES string of the molecule is CN(C)CCN1CCN(N=Cc2ccc(-c3ccc(Cl)cc3)o2)C1=O. The van der Waals surface area contributed by atoms with Gasteiger partial charge in [0.15, 0.2) is 0 Å². The molecule has 0 saturated carbocycles. The lowest BCUT2D eigenvalue weighted by molar-refractivity contribution is 0.190. The second-order valence-corrected chi connectivity index (χ2v) is 6.59. The Balaban J connectivity index is 1.61. The van der Waals surface area contributed by atoms with Gasteiger partial charge in [0.1, 0.15) is 11.5 Å². The fourth-order valence-corrected chi connectivity index (χ4v) is 2.65. The molecule has 2 heterocycles. The standard InChI is InChI=1S/C18H21ClN4O2/c1-21(2)9-10-22-11-12-23(18(22)24)20-13-16-7-8-17(25-16)14-3-5-15(19)6-4-14/h3-8,13H,9-12H2,1-2H3. The molecule has 0 aliphatic carbocycles. The zero-order chi connectivity index (χ0) is 17.8. The number of likely N-dealkylation sites (N-methyl/N-ethyl adjacent to an activating group) is 1. The largest absolute Gasteiger partial charge is 0.455 e. The summed E-state index contributed by atoms with van der Waals surface area (Å²) in [4.78, 5) is 16.1. The van der Waals surface area contributed by atoms with E-state index in [0.29, 0.717) is 30.4 Å². The highest BCUT2D eigenvalue weighted by atomic mass is 35.5. The van der Waals surface area contributed by atoms with Crippen LogP contribution in [0.2, 0.25) is 5.02 Å². The van der Waals surface area contributed by atoms with Crippen molar-refractivity contribution < 1.29 is 9.21 Å². The minimum absolute atomic E-state index is 0.0671. The number of rotatable bonds is 6. The van der Waals surface area contributed by atoms with E-state index in [-0.39, 0.29) is 6.03 Å². The summed E-state index contributed by atoms with van der Waals surface area (Å²) >= 11 is 5.90. The molecule has 1 fully saturated rings. The molecule has 1 saturated heterocycles. The summed E-state index contributed by atoms with van der Waals surface area (Å²) in [6.45, 7) is 2.83. The second kappa shape index (κ2) is 7.72. The number of hydrazone groups is 1. The maximum absolute atomic E-state index is 12.3. The molecule has 6 nitrogen and oxygen atoms in total. The van der Waals surface area contributed by atoms with Crippen LogP contribution in [0.3, 0.4) is 0 Å². The molecule has 0 atom stereocenters. The fraction of sp³-hybridized carbons (Fsp3) is 0.333. The van der Waals surface area contributed by atoms with E-state index in [1.165, 1.54) is 5.01 Å². The Bertz CT molecular complexity index is 755. The molecule has 2 aromatic rings. The van der Waals surface area contributed by atoms with Gasteiger partial charge >= 0.3 is 6.03 Å². The Morgan fingerprint density at radius 1 is 1.20 bits per heavy atom. The molecule has 0 spiro atoms. The number of furan rings is 1. The van der Waals surface area contributed by atoms with Crippen molar-refractivity contribution >= 4 is 23.8 Å². The first kappa shape index (κ1) is 17.5. The van der Waals surface area contributed by atoms with Crippen molar-refractivity contribution in [3.8, 4) is 11.3 Å². The van der Waals surface area contributed by atoms with Crippen LogP contribution in [-0.2, 0) is 0 Å². The number of carbonyl (C=O) groups excluding carboxylic acids is 1. The highest BCUT2D eigenvalue weighted by Gasteiger charge is 2.27. The van der Waals surface area contributed by atoms with Crippen LogP contribution in [0.15, 0.2) is 45.9 Å². The van der Waals surface area contributed by atoms with Gasteiger partial charge in [-0.15, -0.1) is 0 Å². The van der Waals surface area contributed by atoms with Gasteiger partial charge in [-0.1, -0.05) is 11.6 Å². The van der Waals surface area contributed by atoms with E-state index >= 15 is 0 Å². The summed E-state index contributed by atoms with van der Waals surface area (Å²) in [6, 6.07) is 11.1. The maximum atomic E-state index is 12.3. The molecule has 0 unspecified atom stereocenters. The number of amides is 2. The quantitative estimate of drug-likeness (QED) is 0.743. The Hall–Kier alpha value is -2.31. The van der Waals surface area contributed by atoms with E-state index in [9.17, 15) is 4.79 Å². The molecule has 3 rings (SSSR count). The molecule has 0 radical (unpaired) electrons. The molecular formula is C18H21ClN4O2. The molecular weight excluding hydrogens is 340 g/mol. The topological polar surface area (TPSA) is 52.3 Å². The summed E-state index contributed by atoms with van der Waals surface area (Å²) in [6.07, 6.45) is 1.58. The normalized spacial score (nSPS) is 15.1. The first-order valence-electron chi connectivity index (χ1n) is 8.14. The first-order chi connectivity index (χ1) is 12.0. The van der Waals surface area contributed by atoms with Gasteiger partial charge in [-0.2, -0.15) is 5.10 Å². The van der Waals surface area contributed by atoms with Gasteiger partial charge in [-0.3, -0.25) is 0 Å². The number of halogens is 1. The average Bonchev–Trinajstić information content (AvgIpc) is 3.19. The van der Waals surface area contributed by atoms with E-state index in [4.69, 9.17) is 16.0 Å². The smallest absolute Gasteiger partial charge is 0.340 e. The lowest BCUT2D eigenvalue weighted by atomic mass is 10.2. The minimum atomic E-state index is -0.0671.